The minimum atomic E-state index is -0.180. The number of nitrogens with zero attached hydrogens (tertiary/aromatic N) is 1. The van der Waals surface area contributed by atoms with Crippen LogP contribution in [-0.4, -0.2) is 42.6 Å². The molecule has 1 saturated heterocycles. The number of hydrogen-bond donors (Lipinski definition) is 1. The van der Waals surface area contributed by atoms with E-state index in [0.29, 0.717) is 6.10 Å². The summed E-state index contributed by atoms with van der Waals surface area (Å²) in [4.78, 5) is 13.4. The summed E-state index contributed by atoms with van der Waals surface area (Å²) in [6, 6.07) is -0.0541. The average Bonchev–Trinajstić information content (AvgIpc) is 3.02. The molecule has 0 bridgehead atoms. The smallest absolute Gasteiger partial charge is 0.234 e. The number of nitrogens with two attached hydrogens (primary N) is 1. The van der Waals surface area contributed by atoms with E-state index < -0.39 is 0 Å². The van der Waals surface area contributed by atoms with Crippen molar-refractivity contribution in [2.45, 2.75) is 44.2 Å². The minimum absolute atomic E-state index is 0.0541. The average molecular weight is 212 g/mol. The number of primary amides is 1. The van der Waals surface area contributed by atoms with Crippen LogP contribution in [0.15, 0.2) is 0 Å². The monoisotopic (exact) mass is 212 g/mol. The van der Waals surface area contributed by atoms with Crippen molar-refractivity contribution in [2.75, 3.05) is 19.7 Å². The van der Waals surface area contributed by atoms with Crippen LogP contribution in [0.3, 0.4) is 0 Å². The lowest BCUT2D eigenvalue weighted by Gasteiger charge is -2.33. The molecule has 4 nitrogen and oxygen atoms in total. The van der Waals surface area contributed by atoms with E-state index in [1.807, 2.05) is 0 Å². The van der Waals surface area contributed by atoms with Gasteiger partial charge in [0.2, 0.25) is 5.91 Å². The van der Waals surface area contributed by atoms with Crippen LogP contribution in [0.5, 0.6) is 0 Å². The third-order valence-electron chi connectivity index (χ3n) is 3.20. The SMILES string of the molecule is NC(=O)C1CCCCN1CCOC1CC1. The molecular formula is C11H20N2O2. The minimum Gasteiger partial charge on any atom is -0.377 e. The first-order valence-corrected chi connectivity index (χ1v) is 5.92. The van der Waals surface area contributed by atoms with Crippen LogP contribution >= 0.6 is 0 Å². The number of hydrogen-bond acceptors (Lipinski definition) is 3. The second-order valence-corrected chi connectivity index (χ2v) is 4.52. The molecule has 0 radical (unpaired) electrons. The van der Waals surface area contributed by atoms with E-state index >= 15 is 0 Å². The summed E-state index contributed by atoms with van der Waals surface area (Å²) in [5, 5.41) is 0. The van der Waals surface area contributed by atoms with Crippen LogP contribution in [0.2, 0.25) is 0 Å². The highest BCUT2D eigenvalue weighted by Crippen LogP contribution is 2.23. The van der Waals surface area contributed by atoms with Gasteiger partial charge in [-0.15, -0.1) is 0 Å². The zero-order chi connectivity index (χ0) is 10.7. The normalized spacial score (nSPS) is 27.9. The first-order valence-electron chi connectivity index (χ1n) is 5.92. The van der Waals surface area contributed by atoms with E-state index in [1.165, 1.54) is 19.3 Å². The molecule has 2 rings (SSSR count). The van der Waals surface area contributed by atoms with Gasteiger partial charge in [0.05, 0.1) is 18.8 Å². The molecule has 0 aromatic rings. The second-order valence-electron chi connectivity index (χ2n) is 4.52. The molecule has 1 heterocycles. The zero-order valence-electron chi connectivity index (χ0n) is 9.15. The number of rotatable bonds is 5. The van der Waals surface area contributed by atoms with E-state index in [4.69, 9.17) is 10.5 Å². The number of carbonyl (C=O) groups is 1. The van der Waals surface area contributed by atoms with Crippen molar-refractivity contribution < 1.29 is 9.53 Å². The van der Waals surface area contributed by atoms with E-state index in [0.717, 1.165) is 32.5 Å². The van der Waals surface area contributed by atoms with Crippen molar-refractivity contribution in [1.29, 1.82) is 0 Å². The zero-order valence-corrected chi connectivity index (χ0v) is 9.15. The molecule has 1 saturated carbocycles. The number of carbonyl (C=O) groups excluding carboxylic acids is 1. The molecule has 2 fully saturated rings. The highest BCUT2D eigenvalue weighted by molar-refractivity contribution is 5.79. The summed E-state index contributed by atoms with van der Waals surface area (Å²) in [6.45, 7) is 2.58. The van der Waals surface area contributed by atoms with Crippen molar-refractivity contribution >= 4 is 5.91 Å². The largest absolute Gasteiger partial charge is 0.377 e. The van der Waals surface area contributed by atoms with Gasteiger partial charge in [0, 0.05) is 6.54 Å². The third-order valence-corrected chi connectivity index (χ3v) is 3.20. The number of amides is 1. The van der Waals surface area contributed by atoms with Gasteiger partial charge in [0.25, 0.3) is 0 Å². The Kier molecular flexibility index (Phi) is 3.59. The van der Waals surface area contributed by atoms with Crippen LogP contribution in [0.1, 0.15) is 32.1 Å². The number of likely N-dealkylation sites (tertiary alicyclic amines) is 1. The van der Waals surface area contributed by atoms with Gasteiger partial charge in [-0.05, 0) is 32.2 Å². The molecule has 1 atom stereocenters. The molecule has 86 valence electrons. The highest BCUT2D eigenvalue weighted by atomic mass is 16.5. The third kappa shape index (κ3) is 3.18. The molecule has 0 aromatic carbocycles. The maximum absolute atomic E-state index is 11.2. The van der Waals surface area contributed by atoms with Gasteiger partial charge in [-0.25, -0.2) is 0 Å². The van der Waals surface area contributed by atoms with Gasteiger partial charge in [-0.3, -0.25) is 9.69 Å². The van der Waals surface area contributed by atoms with Crippen LogP contribution in [0.25, 0.3) is 0 Å². The van der Waals surface area contributed by atoms with E-state index in [1.54, 1.807) is 0 Å². The fourth-order valence-electron chi connectivity index (χ4n) is 2.15. The molecule has 0 aromatic heterocycles. The predicted molar refractivity (Wildman–Crippen MR) is 57.4 cm³/mol. The second kappa shape index (κ2) is 4.94. The lowest BCUT2D eigenvalue weighted by molar-refractivity contribution is -0.124. The molecule has 4 heteroatoms. The molecule has 1 unspecified atom stereocenters. The highest BCUT2D eigenvalue weighted by Gasteiger charge is 2.27. The van der Waals surface area contributed by atoms with Crippen molar-refractivity contribution in [3.05, 3.63) is 0 Å². The van der Waals surface area contributed by atoms with Gasteiger partial charge >= 0.3 is 0 Å². The number of ether oxygens (including phenoxy) is 1. The van der Waals surface area contributed by atoms with Crippen LogP contribution in [-0.2, 0) is 9.53 Å². The lowest BCUT2D eigenvalue weighted by atomic mass is 10.0. The van der Waals surface area contributed by atoms with E-state index in [-0.39, 0.29) is 11.9 Å². The van der Waals surface area contributed by atoms with Gasteiger partial charge < -0.3 is 10.5 Å². The predicted octanol–water partition coefficient (Wildman–Crippen LogP) is 0.505. The number of piperidine rings is 1. The summed E-state index contributed by atoms with van der Waals surface area (Å²) in [5.41, 5.74) is 5.38. The standard InChI is InChI=1S/C11H20N2O2/c12-11(14)10-3-1-2-6-13(10)7-8-15-9-4-5-9/h9-10H,1-8H2,(H2,12,14). The Labute approximate surface area is 90.8 Å². The summed E-state index contributed by atoms with van der Waals surface area (Å²) in [5.74, 6) is -0.180. The maximum Gasteiger partial charge on any atom is 0.234 e. The Morgan fingerprint density at radius 1 is 1.33 bits per heavy atom. The Morgan fingerprint density at radius 3 is 2.80 bits per heavy atom. The molecule has 1 aliphatic heterocycles. The molecule has 2 aliphatic rings. The van der Waals surface area contributed by atoms with Gasteiger partial charge in [0.15, 0.2) is 0 Å². The van der Waals surface area contributed by atoms with Crippen molar-refractivity contribution in [3.8, 4) is 0 Å². The Hall–Kier alpha value is -0.610. The molecular weight excluding hydrogens is 192 g/mol. The van der Waals surface area contributed by atoms with Crippen molar-refractivity contribution in [2.24, 2.45) is 5.73 Å². The Bertz CT molecular complexity index is 229. The van der Waals surface area contributed by atoms with E-state index in [9.17, 15) is 4.79 Å². The molecule has 1 amide bonds. The summed E-state index contributed by atoms with van der Waals surface area (Å²) < 4.78 is 5.59. The fourth-order valence-corrected chi connectivity index (χ4v) is 2.15. The lowest BCUT2D eigenvalue weighted by Crippen LogP contribution is -2.48. The van der Waals surface area contributed by atoms with Crippen LogP contribution < -0.4 is 5.73 Å². The molecule has 1 aliphatic carbocycles. The van der Waals surface area contributed by atoms with Crippen LogP contribution in [0.4, 0.5) is 0 Å². The maximum atomic E-state index is 11.2. The van der Waals surface area contributed by atoms with Gasteiger partial charge in [-0.1, -0.05) is 6.42 Å². The fraction of sp³-hybridized carbons (Fsp3) is 0.909. The molecule has 0 spiro atoms. The van der Waals surface area contributed by atoms with Gasteiger partial charge in [0.1, 0.15) is 0 Å². The first kappa shape index (κ1) is 10.9. The van der Waals surface area contributed by atoms with E-state index in [2.05, 4.69) is 4.90 Å². The Balaban J connectivity index is 1.73. The quantitative estimate of drug-likeness (QED) is 0.722. The summed E-state index contributed by atoms with van der Waals surface area (Å²) >= 11 is 0. The van der Waals surface area contributed by atoms with Crippen molar-refractivity contribution in [3.63, 3.8) is 0 Å². The van der Waals surface area contributed by atoms with Gasteiger partial charge in [-0.2, -0.15) is 0 Å². The first-order chi connectivity index (χ1) is 7.27. The summed E-state index contributed by atoms with van der Waals surface area (Å²) in [7, 11) is 0. The molecule has 15 heavy (non-hydrogen) atoms. The topological polar surface area (TPSA) is 55.6 Å². The van der Waals surface area contributed by atoms with Crippen LogP contribution in [0, 0.1) is 0 Å². The van der Waals surface area contributed by atoms with Crippen molar-refractivity contribution in [1.82, 2.24) is 4.90 Å². The Morgan fingerprint density at radius 2 is 2.13 bits per heavy atom. The molecule has 2 N–H and O–H groups in total. The summed E-state index contributed by atoms with van der Waals surface area (Å²) in [6.07, 6.45) is 6.12.